The van der Waals surface area contributed by atoms with E-state index in [2.05, 4.69) is 31.3 Å². The maximum absolute atomic E-state index is 12.6. The number of amides is 1. The second kappa shape index (κ2) is 7.58. The number of aromatic nitrogens is 3. The number of carbonyl (C=O) groups excluding carboxylic acids is 1. The van der Waals surface area contributed by atoms with E-state index < -0.39 is 0 Å². The van der Waals surface area contributed by atoms with Crippen LogP contribution < -0.4 is 14.8 Å². The monoisotopic (exact) mass is 448 g/mol. The van der Waals surface area contributed by atoms with Crippen molar-refractivity contribution in [1.29, 1.82) is 0 Å². The standard InChI is InChI=1S/C18H14BrClN4O3/c19-12-1-2-15(24-10-21-9-22-24)14(8-12)23-17(25)7-11-5-13(20)18-16(6-11)26-3-4-27-18/h1-2,5-6,8-10H,3-4,7H2,(H,23,25). The lowest BCUT2D eigenvalue weighted by Crippen LogP contribution is -2.18. The molecule has 2 heterocycles. The van der Waals surface area contributed by atoms with Gasteiger partial charge in [-0.25, -0.2) is 9.67 Å². The van der Waals surface area contributed by atoms with Gasteiger partial charge in [0.2, 0.25) is 5.91 Å². The molecule has 0 spiro atoms. The topological polar surface area (TPSA) is 78.3 Å². The Bertz CT molecular complexity index is 995. The Balaban J connectivity index is 1.55. The van der Waals surface area contributed by atoms with Gasteiger partial charge in [0.05, 0.1) is 22.8 Å². The van der Waals surface area contributed by atoms with Crippen LogP contribution in [-0.2, 0) is 11.2 Å². The SMILES string of the molecule is O=C(Cc1cc(Cl)c2c(c1)OCCO2)Nc1cc(Br)ccc1-n1cncn1. The van der Waals surface area contributed by atoms with Crippen molar-refractivity contribution in [2.24, 2.45) is 0 Å². The summed E-state index contributed by atoms with van der Waals surface area (Å²) >= 11 is 9.67. The van der Waals surface area contributed by atoms with Gasteiger partial charge < -0.3 is 14.8 Å². The van der Waals surface area contributed by atoms with Crippen LogP contribution in [-0.4, -0.2) is 33.9 Å². The van der Waals surface area contributed by atoms with Crippen LogP contribution in [0.3, 0.4) is 0 Å². The minimum Gasteiger partial charge on any atom is -0.486 e. The first-order chi connectivity index (χ1) is 13.1. The third kappa shape index (κ3) is 3.91. The van der Waals surface area contributed by atoms with E-state index in [0.717, 1.165) is 10.0 Å². The highest BCUT2D eigenvalue weighted by Gasteiger charge is 2.18. The first kappa shape index (κ1) is 17.8. The molecule has 1 aromatic heterocycles. The van der Waals surface area contributed by atoms with E-state index in [1.807, 2.05) is 18.2 Å². The third-order valence-corrected chi connectivity index (χ3v) is 4.69. The molecule has 9 heteroatoms. The van der Waals surface area contributed by atoms with Crippen molar-refractivity contribution in [3.63, 3.8) is 0 Å². The van der Waals surface area contributed by atoms with Crippen LogP contribution in [0.5, 0.6) is 11.5 Å². The molecule has 4 rings (SSSR count). The third-order valence-electron chi connectivity index (χ3n) is 3.92. The molecule has 138 valence electrons. The van der Waals surface area contributed by atoms with E-state index in [-0.39, 0.29) is 12.3 Å². The number of fused-ring (bicyclic) bond motifs is 1. The van der Waals surface area contributed by atoms with Crippen LogP contribution in [0.15, 0.2) is 47.5 Å². The molecule has 2 aromatic carbocycles. The number of nitrogens with one attached hydrogen (secondary N) is 1. The van der Waals surface area contributed by atoms with Gasteiger partial charge in [-0.3, -0.25) is 4.79 Å². The van der Waals surface area contributed by atoms with Gasteiger partial charge in [0, 0.05) is 4.47 Å². The molecule has 27 heavy (non-hydrogen) atoms. The molecule has 1 N–H and O–H groups in total. The Kier molecular flexibility index (Phi) is 5.00. The van der Waals surface area contributed by atoms with Gasteiger partial charge in [0.25, 0.3) is 0 Å². The average molecular weight is 450 g/mol. The van der Waals surface area contributed by atoms with E-state index in [9.17, 15) is 4.79 Å². The van der Waals surface area contributed by atoms with Gasteiger partial charge in [-0.2, -0.15) is 5.10 Å². The summed E-state index contributed by atoms with van der Waals surface area (Å²) in [4.78, 5) is 16.6. The second-order valence-electron chi connectivity index (χ2n) is 5.83. The summed E-state index contributed by atoms with van der Waals surface area (Å²) in [6.07, 6.45) is 3.14. The van der Waals surface area contributed by atoms with E-state index in [0.29, 0.717) is 41.1 Å². The summed E-state index contributed by atoms with van der Waals surface area (Å²) in [5.74, 6) is 0.886. The minimum atomic E-state index is -0.192. The molecule has 0 bridgehead atoms. The van der Waals surface area contributed by atoms with Gasteiger partial charge >= 0.3 is 0 Å². The Morgan fingerprint density at radius 2 is 2.11 bits per heavy atom. The second-order valence-corrected chi connectivity index (χ2v) is 7.15. The van der Waals surface area contributed by atoms with Crippen LogP contribution >= 0.6 is 27.5 Å². The molecule has 0 unspecified atom stereocenters. The number of benzene rings is 2. The van der Waals surface area contributed by atoms with Crippen molar-refractivity contribution in [2.45, 2.75) is 6.42 Å². The molecule has 0 saturated carbocycles. The van der Waals surface area contributed by atoms with E-state index >= 15 is 0 Å². The molecule has 3 aromatic rings. The molecule has 7 nitrogen and oxygen atoms in total. The highest BCUT2D eigenvalue weighted by molar-refractivity contribution is 9.10. The van der Waals surface area contributed by atoms with Crippen LogP contribution in [0.25, 0.3) is 5.69 Å². The fraction of sp³-hybridized carbons (Fsp3) is 0.167. The fourth-order valence-electron chi connectivity index (χ4n) is 2.79. The van der Waals surface area contributed by atoms with Crippen LogP contribution in [0.1, 0.15) is 5.56 Å². The Hall–Kier alpha value is -2.58. The number of ether oxygens (including phenoxy) is 2. The number of hydrogen-bond acceptors (Lipinski definition) is 5. The molecule has 0 aliphatic carbocycles. The molecule has 0 atom stereocenters. The summed E-state index contributed by atoms with van der Waals surface area (Å²) in [5.41, 5.74) is 2.06. The number of hydrogen-bond donors (Lipinski definition) is 1. The van der Waals surface area contributed by atoms with Crippen molar-refractivity contribution < 1.29 is 14.3 Å². The lowest BCUT2D eigenvalue weighted by molar-refractivity contribution is -0.115. The maximum atomic E-state index is 12.6. The van der Waals surface area contributed by atoms with Crippen molar-refractivity contribution in [1.82, 2.24) is 14.8 Å². The Labute approximate surface area is 168 Å². The van der Waals surface area contributed by atoms with Crippen molar-refractivity contribution in [3.8, 4) is 17.2 Å². The fourth-order valence-corrected chi connectivity index (χ4v) is 3.44. The smallest absolute Gasteiger partial charge is 0.228 e. The molecule has 1 aliphatic rings. The molecule has 1 amide bonds. The minimum absolute atomic E-state index is 0.139. The number of rotatable bonds is 4. The number of halogens is 2. The largest absolute Gasteiger partial charge is 0.486 e. The van der Waals surface area contributed by atoms with Crippen molar-refractivity contribution >= 4 is 39.1 Å². The molecule has 1 aliphatic heterocycles. The van der Waals surface area contributed by atoms with Crippen molar-refractivity contribution in [3.05, 3.63) is 58.0 Å². The lowest BCUT2D eigenvalue weighted by atomic mass is 10.1. The molecule has 0 saturated heterocycles. The summed E-state index contributed by atoms with van der Waals surface area (Å²) in [6.45, 7) is 0.915. The number of nitrogens with zero attached hydrogens (tertiary/aromatic N) is 3. The number of anilines is 1. The zero-order chi connectivity index (χ0) is 18.8. The van der Waals surface area contributed by atoms with Crippen LogP contribution in [0.2, 0.25) is 5.02 Å². The first-order valence-corrected chi connectivity index (χ1v) is 9.29. The summed E-state index contributed by atoms with van der Waals surface area (Å²) in [7, 11) is 0. The van der Waals surface area contributed by atoms with E-state index in [1.54, 1.807) is 23.1 Å². The average Bonchev–Trinajstić information content (AvgIpc) is 3.16. The predicted molar refractivity (Wildman–Crippen MR) is 104 cm³/mol. The molecule has 0 radical (unpaired) electrons. The Morgan fingerprint density at radius 3 is 2.93 bits per heavy atom. The highest BCUT2D eigenvalue weighted by Crippen LogP contribution is 2.38. The molecular weight excluding hydrogens is 436 g/mol. The quantitative estimate of drug-likeness (QED) is 0.658. The Morgan fingerprint density at radius 1 is 1.26 bits per heavy atom. The van der Waals surface area contributed by atoms with Gasteiger partial charge in [-0.05, 0) is 35.9 Å². The maximum Gasteiger partial charge on any atom is 0.228 e. The van der Waals surface area contributed by atoms with Gasteiger partial charge in [-0.15, -0.1) is 0 Å². The lowest BCUT2D eigenvalue weighted by Gasteiger charge is -2.20. The summed E-state index contributed by atoms with van der Waals surface area (Å²) in [5, 5.41) is 7.47. The highest BCUT2D eigenvalue weighted by atomic mass is 79.9. The summed E-state index contributed by atoms with van der Waals surface area (Å²) < 4.78 is 13.5. The normalized spacial score (nSPS) is 12.7. The van der Waals surface area contributed by atoms with E-state index in [4.69, 9.17) is 21.1 Å². The summed E-state index contributed by atoms with van der Waals surface area (Å²) in [6, 6.07) is 9.02. The molecular formula is C18H14BrClN4O3. The van der Waals surface area contributed by atoms with Gasteiger partial charge in [0.15, 0.2) is 11.5 Å². The van der Waals surface area contributed by atoms with Gasteiger partial charge in [-0.1, -0.05) is 27.5 Å². The molecule has 0 fully saturated rings. The number of carbonyl (C=O) groups is 1. The van der Waals surface area contributed by atoms with Gasteiger partial charge in [0.1, 0.15) is 25.9 Å². The van der Waals surface area contributed by atoms with Crippen molar-refractivity contribution in [2.75, 3.05) is 18.5 Å². The zero-order valence-electron chi connectivity index (χ0n) is 14.0. The predicted octanol–water partition coefficient (Wildman–Crippen LogP) is 3.64. The van der Waals surface area contributed by atoms with Crippen LogP contribution in [0, 0.1) is 0 Å². The van der Waals surface area contributed by atoms with E-state index in [1.165, 1.54) is 6.33 Å². The first-order valence-electron chi connectivity index (χ1n) is 8.12. The van der Waals surface area contributed by atoms with Crippen LogP contribution in [0.4, 0.5) is 5.69 Å². The zero-order valence-corrected chi connectivity index (χ0v) is 16.3.